The predicted octanol–water partition coefficient (Wildman–Crippen LogP) is 1.21. The molecule has 164 valence electrons. The molecule has 0 aliphatic carbocycles. The lowest BCUT2D eigenvalue weighted by molar-refractivity contribution is -0.135. The number of carbonyl (C=O) groups is 1. The van der Waals surface area contributed by atoms with Crippen LogP contribution in [0.1, 0.15) is 12.8 Å². The van der Waals surface area contributed by atoms with Crippen molar-refractivity contribution >= 4 is 17.2 Å². The number of aliphatic hydroxyl groups excluding tert-OH is 1. The molecule has 3 aromatic heterocycles. The molecule has 4 rings (SSSR count). The molecule has 10 heteroatoms. The number of anilines is 1. The summed E-state index contributed by atoms with van der Waals surface area (Å²) in [7, 11) is 1.61. The maximum absolute atomic E-state index is 11.9. The number of likely N-dealkylation sites (tertiary alicyclic amines) is 1. The van der Waals surface area contributed by atoms with Crippen molar-refractivity contribution in [3.05, 3.63) is 36.7 Å². The number of rotatable bonds is 8. The lowest BCUT2D eigenvalue weighted by atomic mass is 10.1. The first-order valence-electron chi connectivity index (χ1n) is 10.3. The van der Waals surface area contributed by atoms with E-state index in [-0.39, 0.29) is 11.9 Å². The number of carbonyl (C=O) groups excluding carboxylic acids is 1. The second-order valence-electron chi connectivity index (χ2n) is 7.33. The quantitative estimate of drug-likeness (QED) is 0.517. The molecule has 1 fully saturated rings. The maximum atomic E-state index is 11.9. The second kappa shape index (κ2) is 9.71. The first-order valence-corrected chi connectivity index (χ1v) is 10.3. The van der Waals surface area contributed by atoms with Crippen LogP contribution in [0.3, 0.4) is 0 Å². The van der Waals surface area contributed by atoms with Gasteiger partial charge >= 0.3 is 0 Å². The lowest BCUT2D eigenvalue weighted by Crippen LogP contribution is -2.46. The van der Waals surface area contributed by atoms with Gasteiger partial charge in [-0.1, -0.05) is 6.07 Å². The summed E-state index contributed by atoms with van der Waals surface area (Å²) in [6.07, 6.45) is 5.35. The van der Waals surface area contributed by atoms with Crippen LogP contribution in [0.15, 0.2) is 36.7 Å². The third-order valence-electron chi connectivity index (χ3n) is 5.17. The Balaban J connectivity index is 1.61. The van der Waals surface area contributed by atoms with Crippen LogP contribution >= 0.6 is 0 Å². The molecular weight excluding hydrogens is 400 g/mol. The van der Waals surface area contributed by atoms with Gasteiger partial charge in [-0.3, -0.25) is 4.79 Å². The molecule has 10 nitrogen and oxygen atoms in total. The Labute approximate surface area is 179 Å². The lowest BCUT2D eigenvalue weighted by Gasteiger charge is -2.33. The molecule has 0 bridgehead atoms. The van der Waals surface area contributed by atoms with Gasteiger partial charge in [0.25, 0.3) is 0 Å². The molecule has 0 saturated carbocycles. The normalized spacial score (nSPS) is 16.5. The molecule has 1 amide bonds. The molecule has 0 radical (unpaired) electrons. The van der Waals surface area contributed by atoms with Gasteiger partial charge < -0.3 is 24.8 Å². The van der Waals surface area contributed by atoms with Crippen molar-refractivity contribution in [2.24, 2.45) is 0 Å². The minimum atomic E-state index is -0.476. The predicted molar refractivity (Wildman–Crippen MR) is 114 cm³/mol. The maximum Gasteiger partial charge on any atom is 0.248 e. The number of hydrogen-bond acceptors (Lipinski definition) is 8. The molecule has 2 N–H and O–H groups in total. The van der Waals surface area contributed by atoms with Crippen LogP contribution < -0.4 is 10.1 Å². The summed E-state index contributed by atoms with van der Waals surface area (Å²) in [4.78, 5) is 22.8. The van der Waals surface area contributed by atoms with Gasteiger partial charge in [0.2, 0.25) is 11.8 Å². The Morgan fingerprint density at radius 3 is 3.06 bits per heavy atom. The van der Waals surface area contributed by atoms with E-state index in [1.165, 1.54) is 0 Å². The van der Waals surface area contributed by atoms with E-state index >= 15 is 0 Å². The van der Waals surface area contributed by atoms with Gasteiger partial charge in [0.1, 0.15) is 19.0 Å². The molecule has 1 aliphatic rings. The van der Waals surface area contributed by atoms with E-state index in [9.17, 15) is 4.79 Å². The highest BCUT2D eigenvalue weighted by Crippen LogP contribution is 2.26. The number of fused-ring (bicyclic) bond motifs is 1. The average molecular weight is 426 g/mol. The topological polar surface area (TPSA) is 114 Å². The molecule has 0 aromatic carbocycles. The number of pyridine rings is 1. The number of nitrogens with one attached hydrogen (secondary N) is 1. The molecule has 1 saturated heterocycles. The van der Waals surface area contributed by atoms with Crippen molar-refractivity contribution in [3.63, 3.8) is 0 Å². The van der Waals surface area contributed by atoms with Gasteiger partial charge in [-0.2, -0.15) is 10.1 Å². The van der Waals surface area contributed by atoms with Gasteiger partial charge in [-0.05, 0) is 25.0 Å². The summed E-state index contributed by atoms with van der Waals surface area (Å²) in [5, 5.41) is 16.9. The van der Waals surface area contributed by atoms with Crippen LogP contribution in [0.5, 0.6) is 5.88 Å². The minimum Gasteiger partial charge on any atom is -0.475 e. The van der Waals surface area contributed by atoms with E-state index < -0.39 is 6.61 Å². The van der Waals surface area contributed by atoms with Crippen molar-refractivity contribution in [1.82, 2.24) is 24.5 Å². The standard InChI is InChI=1S/C21H26N6O4/c1-30-9-10-31-19-11-18(23-15-5-4-7-26(13-15)20(29)14-28)24-21(25-19)16-12-22-27-8-3-2-6-17(16)27/h2-3,6,8,11-12,15,28H,4-5,7,9-10,13-14H2,1H3,(H,23,24,25)/t15-/m1/s1. The van der Waals surface area contributed by atoms with Crippen LogP contribution in [-0.2, 0) is 9.53 Å². The fraction of sp³-hybridized carbons (Fsp3) is 0.429. The van der Waals surface area contributed by atoms with E-state index in [4.69, 9.17) is 19.6 Å². The number of amides is 1. The van der Waals surface area contributed by atoms with E-state index in [2.05, 4.69) is 15.4 Å². The Morgan fingerprint density at radius 1 is 1.32 bits per heavy atom. The van der Waals surface area contributed by atoms with Gasteiger partial charge in [-0.25, -0.2) is 9.50 Å². The molecule has 0 unspecified atom stereocenters. The first-order chi connectivity index (χ1) is 15.2. The van der Waals surface area contributed by atoms with Crippen LogP contribution in [0.4, 0.5) is 5.82 Å². The Hall–Kier alpha value is -3.24. The molecule has 1 aliphatic heterocycles. The minimum absolute atomic E-state index is 0.0164. The van der Waals surface area contributed by atoms with Crippen molar-refractivity contribution in [1.29, 1.82) is 0 Å². The number of hydrogen-bond donors (Lipinski definition) is 2. The third-order valence-corrected chi connectivity index (χ3v) is 5.17. The molecular formula is C21H26N6O4. The monoisotopic (exact) mass is 426 g/mol. The second-order valence-corrected chi connectivity index (χ2v) is 7.33. The highest BCUT2D eigenvalue weighted by atomic mass is 16.5. The Bertz CT molecular complexity index is 1040. The zero-order valence-electron chi connectivity index (χ0n) is 17.4. The first kappa shape index (κ1) is 21.0. The SMILES string of the molecule is COCCOc1cc(N[C@@H]2CCCN(C(=O)CO)C2)nc(-c2cnn3ccccc23)n1. The van der Waals surface area contributed by atoms with Crippen molar-refractivity contribution in [2.75, 3.05) is 45.3 Å². The largest absolute Gasteiger partial charge is 0.475 e. The van der Waals surface area contributed by atoms with Crippen LogP contribution in [0, 0.1) is 0 Å². The summed E-state index contributed by atoms with van der Waals surface area (Å²) in [5.74, 6) is 1.28. The summed E-state index contributed by atoms with van der Waals surface area (Å²) in [6.45, 7) is 1.50. The highest BCUT2D eigenvalue weighted by Gasteiger charge is 2.24. The fourth-order valence-electron chi connectivity index (χ4n) is 3.66. The number of ether oxygens (including phenoxy) is 2. The van der Waals surface area contributed by atoms with Crippen LogP contribution in [0.25, 0.3) is 16.9 Å². The summed E-state index contributed by atoms with van der Waals surface area (Å²) in [6, 6.07) is 7.56. The Morgan fingerprint density at radius 2 is 2.23 bits per heavy atom. The molecule has 0 spiro atoms. The molecule has 31 heavy (non-hydrogen) atoms. The van der Waals surface area contributed by atoms with Crippen molar-refractivity contribution in [2.45, 2.75) is 18.9 Å². The molecule has 3 aromatic rings. The number of aromatic nitrogens is 4. The number of nitrogens with zero attached hydrogens (tertiary/aromatic N) is 5. The zero-order valence-corrected chi connectivity index (χ0v) is 17.4. The zero-order chi connectivity index (χ0) is 21.6. The van der Waals surface area contributed by atoms with Crippen LogP contribution in [-0.4, -0.2) is 81.6 Å². The highest BCUT2D eigenvalue weighted by molar-refractivity contribution is 5.77. The smallest absolute Gasteiger partial charge is 0.248 e. The third kappa shape index (κ3) is 4.92. The van der Waals surface area contributed by atoms with E-state index in [0.29, 0.717) is 43.8 Å². The van der Waals surface area contributed by atoms with Crippen LogP contribution in [0.2, 0.25) is 0 Å². The summed E-state index contributed by atoms with van der Waals surface area (Å²) < 4.78 is 12.6. The average Bonchev–Trinajstić information content (AvgIpc) is 3.23. The number of methoxy groups -OCH3 is 1. The molecule has 4 heterocycles. The number of aliphatic hydroxyl groups is 1. The van der Waals surface area contributed by atoms with Crippen molar-refractivity contribution in [3.8, 4) is 17.3 Å². The van der Waals surface area contributed by atoms with Gasteiger partial charge in [-0.15, -0.1) is 0 Å². The molecule has 1 atom stereocenters. The van der Waals surface area contributed by atoms with E-state index in [1.54, 1.807) is 28.8 Å². The van der Waals surface area contributed by atoms with E-state index in [1.807, 2.05) is 24.4 Å². The summed E-state index contributed by atoms with van der Waals surface area (Å²) >= 11 is 0. The Kier molecular flexibility index (Phi) is 6.58. The fourth-order valence-corrected chi connectivity index (χ4v) is 3.66. The van der Waals surface area contributed by atoms with Gasteiger partial charge in [0.15, 0.2) is 5.82 Å². The number of piperidine rings is 1. The van der Waals surface area contributed by atoms with E-state index in [0.717, 1.165) is 23.9 Å². The van der Waals surface area contributed by atoms with Gasteiger partial charge in [0, 0.05) is 38.5 Å². The van der Waals surface area contributed by atoms with Gasteiger partial charge in [0.05, 0.1) is 23.9 Å². The summed E-state index contributed by atoms with van der Waals surface area (Å²) in [5.41, 5.74) is 1.68. The van der Waals surface area contributed by atoms with Crippen molar-refractivity contribution < 1.29 is 19.4 Å².